The number of hydrogen-bond donors (Lipinski definition) is 2. The predicted molar refractivity (Wildman–Crippen MR) is 88.3 cm³/mol. The maximum absolute atomic E-state index is 12.4. The van der Waals surface area contributed by atoms with Crippen LogP contribution in [0.5, 0.6) is 0 Å². The van der Waals surface area contributed by atoms with Gasteiger partial charge in [-0.1, -0.05) is 49.4 Å². The lowest BCUT2D eigenvalue weighted by molar-refractivity contribution is 0.527. The minimum atomic E-state index is -3.70. The molecule has 21 heavy (non-hydrogen) atoms. The third-order valence-corrected chi connectivity index (χ3v) is 5.58. The number of nitrogens with one attached hydrogen (secondary N) is 1. The molecule has 0 radical (unpaired) electrons. The highest BCUT2D eigenvalue weighted by Crippen LogP contribution is 2.29. The molecule has 1 unspecified atom stereocenters. The second-order valence-electron chi connectivity index (χ2n) is 5.10. The van der Waals surface area contributed by atoms with Crippen LogP contribution in [-0.4, -0.2) is 14.5 Å². The van der Waals surface area contributed by atoms with E-state index in [0.29, 0.717) is 10.6 Å². The van der Waals surface area contributed by atoms with Crippen LogP contribution in [0.4, 0.5) is 0 Å². The highest BCUT2D eigenvalue weighted by Gasteiger charge is 2.22. The molecule has 0 heterocycles. The first-order valence-electron chi connectivity index (χ1n) is 7.02. The fourth-order valence-corrected chi connectivity index (χ4v) is 4.27. The second kappa shape index (κ2) is 8.34. The molecule has 7 heteroatoms. The number of hydrogen-bond acceptors (Lipinski definition) is 3. The van der Waals surface area contributed by atoms with Gasteiger partial charge < -0.3 is 5.73 Å². The molecule has 0 fully saturated rings. The molecule has 1 aromatic carbocycles. The zero-order valence-corrected chi connectivity index (χ0v) is 14.7. The van der Waals surface area contributed by atoms with Gasteiger partial charge in [0, 0.05) is 17.6 Å². The Morgan fingerprint density at radius 1 is 1.29 bits per heavy atom. The van der Waals surface area contributed by atoms with Crippen molar-refractivity contribution in [2.75, 3.05) is 0 Å². The standard InChI is InChI=1S/C14H22Cl2N2O2S/c1-3-4-5-6-10(2)18-21(19,20)13-8-12(15)7-11(9-17)14(13)16/h7-8,10,18H,3-6,9,17H2,1-2H3. The minimum Gasteiger partial charge on any atom is -0.326 e. The molecule has 0 saturated heterocycles. The molecule has 0 saturated carbocycles. The van der Waals surface area contributed by atoms with Gasteiger partial charge in [0.1, 0.15) is 4.90 Å². The van der Waals surface area contributed by atoms with Gasteiger partial charge in [-0.3, -0.25) is 0 Å². The molecule has 1 rings (SSSR count). The lowest BCUT2D eigenvalue weighted by Crippen LogP contribution is -2.32. The molecule has 0 amide bonds. The number of unbranched alkanes of at least 4 members (excludes halogenated alkanes) is 2. The largest absolute Gasteiger partial charge is 0.326 e. The summed E-state index contributed by atoms with van der Waals surface area (Å²) in [5.74, 6) is 0. The number of halogens is 2. The normalized spacial score (nSPS) is 13.4. The van der Waals surface area contributed by atoms with E-state index in [4.69, 9.17) is 28.9 Å². The number of nitrogens with two attached hydrogens (primary N) is 1. The molecule has 1 atom stereocenters. The third kappa shape index (κ3) is 5.42. The summed E-state index contributed by atoms with van der Waals surface area (Å²) < 4.78 is 27.5. The zero-order valence-electron chi connectivity index (χ0n) is 12.3. The van der Waals surface area contributed by atoms with Crippen LogP contribution in [-0.2, 0) is 16.6 Å². The summed E-state index contributed by atoms with van der Waals surface area (Å²) in [6.07, 6.45) is 3.95. The summed E-state index contributed by atoms with van der Waals surface area (Å²) in [7, 11) is -3.70. The van der Waals surface area contributed by atoms with E-state index in [-0.39, 0.29) is 22.5 Å². The molecule has 0 aliphatic carbocycles. The van der Waals surface area contributed by atoms with Crippen LogP contribution < -0.4 is 10.5 Å². The van der Waals surface area contributed by atoms with Gasteiger partial charge in [-0.15, -0.1) is 0 Å². The van der Waals surface area contributed by atoms with E-state index < -0.39 is 10.0 Å². The van der Waals surface area contributed by atoms with Crippen molar-refractivity contribution < 1.29 is 8.42 Å². The predicted octanol–water partition coefficient (Wildman–Crippen LogP) is 3.70. The maximum Gasteiger partial charge on any atom is 0.242 e. The smallest absolute Gasteiger partial charge is 0.242 e. The van der Waals surface area contributed by atoms with Crippen molar-refractivity contribution in [1.82, 2.24) is 4.72 Å². The van der Waals surface area contributed by atoms with E-state index in [9.17, 15) is 8.42 Å². The van der Waals surface area contributed by atoms with Crippen LogP contribution in [0.25, 0.3) is 0 Å². The van der Waals surface area contributed by atoms with Gasteiger partial charge in [0.15, 0.2) is 0 Å². The van der Waals surface area contributed by atoms with Crippen molar-refractivity contribution in [3.8, 4) is 0 Å². The molecule has 0 aliphatic heterocycles. The van der Waals surface area contributed by atoms with Crippen LogP contribution >= 0.6 is 23.2 Å². The van der Waals surface area contributed by atoms with Crippen LogP contribution in [0.15, 0.2) is 17.0 Å². The Bertz CT molecular complexity index is 577. The molecule has 1 aromatic rings. The summed E-state index contributed by atoms with van der Waals surface area (Å²) in [5, 5.41) is 0.439. The lowest BCUT2D eigenvalue weighted by atomic mass is 10.1. The average Bonchev–Trinajstić information content (AvgIpc) is 2.40. The van der Waals surface area contributed by atoms with E-state index in [0.717, 1.165) is 25.7 Å². The minimum absolute atomic E-state index is 0.0144. The van der Waals surface area contributed by atoms with E-state index in [2.05, 4.69) is 11.6 Å². The number of rotatable bonds is 8. The van der Waals surface area contributed by atoms with E-state index >= 15 is 0 Å². The van der Waals surface area contributed by atoms with Crippen molar-refractivity contribution >= 4 is 33.2 Å². The van der Waals surface area contributed by atoms with E-state index in [1.807, 2.05) is 6.92 Å². The maximum atomic E-state index is 12.4. The first-order valence-corrected chi connectivity index (χ1v) is 9.26. The van der Waals surface area contributed by atoms with Gasteiger partial charge in [-0.25, -0.2) is 13.1 Å². The third-order valence-electron chi connectivity index (χ3n) is 3.19. The Kier molecular flexibility index (Phi) is 7.44. The number of sulfonamides is 1. The molecule has 120 valence electrons. The molecular weight excluding hydrogens is 331 g/mol. The number of benzene rings is 1. The zero-order chi connectivity index (χ0) is 16.0. The Labute approximate surface area is 137 Å². The van der Waals surface area contributed by atoms with Crippen LogP contribution in [0.2, 0.25) is 10.0 Å². The summed E-state index contributed by atoms with van der Waals surface area (Å²) in [4.78, 5) is -0.0144. The highest BCUT2D eigenvalue weighted by atomic mass is 35.5. The molecule has 4 nitrogen and oxygen atoms in total. The highest BCUT2D eigenvalue weighted by molar-refractivity contribution is 7.89. The lowest BCUT2D eigenvalue weighted by Gasteiger charge is -2.16. The molecular formula is C14H22Cl2N2O2S. The fraction of sp³-hybridized carbons (Fsp3) is 0.571. The summed E-state index contributed by atoms with van der Waals surface area (Å²) in [6.45, 7) is 4.08. The van der Waals surface area contributed by atoms with E-state index in [1.165, 1.54) is 6.07 Å². The topological polar surface area (TPSA) is 72.2 Å². The fourth-order valence-electron chi connectivity index (χ4n) is 2.05. The second-order valence-corrected chi connectivity index (χ2v) is 7.60. The average molecular weight is 353 g/mol. The van der Waals surface area contributed by atoms with Crippen molar-refractivity contribution in [2.45, 2.75) is 57.0 Å². The first kappa shape index (κ1) is 18.7. The molecule has 0 aliphatic rings. The first-order chi connectivity index (χ1) is 9.81. The Hall–Kier alpha value is -0.330. The van der Waals surface area contributed by atoms with Crippen LogP contribution in [0.3, 0.4) is 0 Å². The summed E-state index contributed by atoms with van der Waals surface area (Å²) >= 11 is 12.1. The summed E-state index contributed by atoms with van der Waals surface area (Å²) in [6, 6.07) is 2.77. The molecule has 3 N–H and O–H groups in total. The molecule has 0 bridgehead atoms. The van der Waals surface area contributed by atoms with Crippen molar-refractivity contribution in [2.24, 2.45) is 5.73 Å². The summed E-state index contributed by atoms with van der Waals surface area (Å²) in [5.41, 5.74) is 6.07. The van der Waals surface area contributed by atoms with Crippen molar-refractivity contribution in [1.29, 1.82) is 0 Å². The van der Waals surface area contributed by atoms with Gasteiger partial charge >= 0.3 is 0 Å². The quantitative estimate of drug-likeness (QED) is 0.700. The molecule has 0 spiro atoms. The SMILES string of the molecule is CCCCCC(C)NS(=O)(=O)c1cc(Cl)cc(CN)c1Cl. The van der Waals surface area contributed by atoms with Crippen LogP contribution in [0.1, 0.15) is 45.1 Å². The van der Waals surface area contributed by atoms with Gasteiger partial charge in [-0.2, -0.15) is 0 Å². The van der Waals surface area contributed by atoms with Gasteiger partial charge in [0.2, 0.25) is 10.0 Å². The molecule has 0 aromatic heterocycles. The van der Waals surface area contributed by atoms with Crippen LogP contribution in [0, 0.1) is 0 Å². The van der Waals surface area contributed by atoms with Gasteiger partial charge in [0.05, 0.1) is 5.02 Å². The van der Waals surface area contributed by atoms with Crippen molar-refractivity contribution in [3.63, 3.8) is 0 Å². The Morgan fingerprint density at radius 3 is 2.52 bits per heavy atom. The van der Waals surface area contributed by atoms with Crippen molar-refractivity contribution in [3.05, 3.63) is 27.7 Å². The van der Waals surface area contributed by atoms with E-state index in [1.54, 1.807) is 6.07 Å². The Balaban J connectivity index is 2.95. The monoisotopic (exact) mass is 352 g/mol. The van der Waals surface area contributed by atoms with Gasteiger partial charge in [0.25, 0.3) is 0 Å². The Morgan fingerprint density at radius 2 is 1.95 bits per heavy atom. The van der Waals surface area contributed by atoms with Gasteiger partial charge in [-0.05, 0) is 31.0 Å².